The van der Waals surface area contributed by atoms with Crippen LogP contribution in [0.15, 0.2) is 18.2 Å². The topological polar surface area (TPSA) is 44.7 Å². The van der Waals surface area contributed by atoms with E-state index in [1.807, 2.05) is 25.2 Å². The van der Waals surface area contributed by atoms with Crippen LogP contribution in [0, 0.1) is 11.8 Å². The van der Waals surface area contributed by atoms with E-state index in [2.05, 4.69) is 22.1 Å². The highest BCUT2D eigenvalue weighted by Gasteiger charge is 2.18. The summed E-state index contributed by atoms with van der Waals surface area (Å²) >= 11 is 0. The minimum Gasteiger partial charge on any atom is -0.490 e. The quantitative estimate of drug-likeness (QED) is 0.804. The van der Waals surface area contributed by atoms with E-state index in [-0.39, 0.29) is 0 Å². The van der Waals surface area contributed by atoms with Gasteiger partial charge < -0.3 is 20.1 Å². The first kappa shape index (κ1) is 14.7. The molecule has 0 saturated carbocycles. The van der Waals surface area contributed by atoms with Crippen molar-refractivity contribution < 1.29 is 9.84 Å². The number of anilines is 1. The zero-order chi connectivity index (χ0) is 14.6. The highest BCUT2D eigenvalue weighted by molar-refractivity contribution is 5.66. The van der Waals surface area contributed by atoms with E-state index in [9.17, 15) is 5.11 Å². The third kappa shape index (κ3) is 3.66. The fourth-order valence-electron chi connectivity index (χ4n) is 2.15. The van der Waals surface area contributed by atoms with Crippen molar-refractivity contribution in [2.24, 2.45) is 0 Å². The lowest BCUT2D eigenvalue weighted by Crippen LogP contribution is -2.32. The third-order valence-electron chi connectivity index (χ3n) is 3.01. The van der Waals surface area contributed by atoms with Crippen molar-refractivity contribution in [1.29, 1.82) is 0 Å². The van der Waals surface area contributed by atoms with Gasteiger partial charge in [-0.25, -0.2) is 0 Å². The normalized spacial score (nSPS) is 14.7. The van der Waals surface area contributed by atoms with Gasteiger partial charge in [-0.1, -0.05) is 17.9 Å². The minimum atomic E-state index is -1.00. The van der Waals surface area contributed by atoms with Gasteiger partial charge in [-0.05, 0) is 39.4 Å². The average Bonchev–Trinajstić information content (AvgIpc) is 2.59. The summed E-state index contributed by atoms with van der Waals surface area (Å²) in [5.74, 6) is 6.69. The first-order valence-corrected chi connectivity index (χ1v) is 6.92. The van der Waals surface area contributed by atoms with Gasteiger partial charge in [0.05, 0.1) is 24.5 Å². The molecule has 20 heavy (non-hydrogen) atoms. The number of rotatable bonds is 2. The number of hydrogen-bond donors (Lipinski definition) is 2. The first-order chi connectivity index (χ1) is 9.51. The molecule has 2 rings (SSSR count). The lowest BCUT2D eigenvalue weighted by atomic mass is 10.1. The Kier molecular flexibility index (Phi) is 4.53. The van der Waals surface area contributed by atoms with Crippen LogP contribution in [0.4, 0.5) is 5.69 Å². The van der Waals surface area contributed by atoms with Gasteiger partial charge >= 0.3 is 0 Å². The maximum Gasteiger partial charge on any atom is 0.158 e. The molecular formula is C16H22N2O2. The lowest BCUT2D eigenvalue weighted by molar-refractivity contribution is 0.143. The van der Waals surface area contributed by atoms with Crippen molar-refractivity contribution in [3.8, 4) is 17.6 Å². The standard InChI is InChI=1S/C16H22N2O2/c1-16(2,19)9-8-13-6-4-7-14-15(13)20-11-5-10-18(14)12-17-3/h4,6-7,17,19H,5,10-12H2,1-3H3. The number of hydrogen-bond acceptors (Lipinski definition) is 4. The molecule has 1 aromatic rings. The fourth-order valence-corrected chi connectivity index (χ4v) is 2.15. The molecule has 0 atom stereocenters. The second-order valence-corrected chi connectivity index (χ2v) is 5.44. The van der Waals surface area contributed by atoms with E-state index in [0.717, 1.165) is 36.6 Å². The Morgan fingerprint density at radius 2 is 2.25 bits per heavy atom. The van der Waals surface area contributed by atoms with E-state index >= 15 is 0 Å². The van der Waals surface area contributed by atoms with Gasteiger partial charge in [-0.15, -0.1) is 0 Å². The molecule has 0 aliphatic carbocycles. The molecule has 0 aromatic heterocycles. The largest absolute Gasteiger partial charge is 0.490 e. The number of para-hydroxylation sites is 1. The Morgan fingerprint density at radius 1 is 1.45 bits per heavy atom. The monoisotopic (exact) mass is 274 g/mol. The van der Waals surface area contributed by atoms with Crippen molar-refractivity contribution in [1.82, 2.24) is 5.32 Å². The van der Waals surface area contributed by atoms with Gasteiger partial charge in [0.15, 0.2) is 5.75 Å². The van der Waals surface area contributed by atoms with E-state index in [1.165, 1.54) is 0 Å². The molecule has 1 aliphatic rings. The number of ether oxygens (including phenoxy) is 1. The Bertz CT molecular complexity index is 524. The van der Waals surface area contributed by atoms with Crippen molar-refractivity contribution in [2.45, 2.75) is 25.9 Å². The van der Waals surface area contributed by atoms with Gasteiger partial charge in [0.25, 0.3) is 0 Å². The SMILES string of the molecule is CNCN1CCCOc2c(C#CC(C)(C)O)cccc21. The summed E-state index contributed by atoms with van der Waals surface area (Å²) in [6.07, 6.45) is 0.981. The molecule has 0 unspecified atom stereocenters. The second-order valence-electron chi connectivity index (χ2n) is 5.44. The molecule has 0 fully saturated rings. The summed E-state index contributed by atoms with van der Waals surface area (Å²) in [7, 11) is 1.93. The first-order valence-electron chi connectivity index (χ1n) is 6.92. The van der Waals surface area contributed by atoms with Crippen molar-refractivity contribution in [2.75, 3.05) is 31.8 Å². The average molecular weight is 274 g/mol. The predicted octanol–water partition coefficient (Wildman–Crippen LogP) is 1.57. The van der Waals surface area contributed by atoms with E-state index < -0.39 is 5.60 Å². The van der Waals surface area contributed by atoms with Crippen molar-refractivity contribution >= 4 is 5.69 Å². The maximum absolute atomic E-state index is 9.74. The van der Waals surface area contributed by atoms with Gasteiger partial charge in [0.1, 0.15) is 5.60 Å². The summed E-state index contributed by atoms with van der Waals surface area (Å²) in [4.78, 5) is 2.25. The molecule has 4 nitrogen and oxygen atoms in total. The number of benzene rings is 1. The Hall–Kier alpha value is -1.70. The molecule has 108 valence electrons. The highest BCUT2D eigenvalue weighted by atomic mass is 16.5. The zero-order valence-corrected chi connectivity index (χ0v) is 12.4. The maximum atomic E-state index is 9.74. The van der Waals surface area contributed by atoms with Crippen LogP contribution in [0.2, 0.25) is 0 Å². The van der Waals surface area contributed by atoms with Crippen LogP contribution < -0.4 is 15.0 Å². The number of nitrogens with one attached hydrogen (secondary N) is 1. The van der Waals surface area contributed by atoms with Crippen LogP contribution in [-0.2, 0) is 0 Å². The Morgan fingerprint density at radius 3 is 2.95 bits per heavy atom. The summed E-state index contributed by atoms with van der Waals surface area (Å²) in [6, 6.07) is 5.96. The van der Waals surface area contributed by atoms with Crippen LogP contribution in [0.3, 0.4) is 0 Å². The van der Waals surface area contributed by atoms with Crippen molar-refractivity contribution in [3.63, 3.8) is 0 Å². The lowest BCUT2D eigenvalue weighted by Gasteiger charge is -2.23. The third-order valence-corrected chi connectivity index (χ3v) is 3.01. The van der Waals surface area contributed by atoms with Crippen molar-refractivity contribution in [3.05, 3.63) is 23.8 Å². The Balaban J connectivity index is 2.40. The van der Waals surface area contributed by atoms with Crippen LogP contribution in [0.1, 0.15) is 25.8 Å². The molecule has 0 radical (unpaired) electrons. The number of aliphatic hydroxyl groups is 1. The number of fused-ring (bicyclic) bond motifs is 1. The van der Waals surface area contributed by atoms with Crippen LogP contribution in [0.5, 0.6) is 5.75 Å². The molecule has 0 bridgehead atoms. The van der Waals surface area contributed by atoms with Gasteiger partial charge in [0, 0.05) is 6.54 Å². The molecule has 0 spiro atoms. The molecule has 0 saturated heterocycles. The van der Waals surface area contributed by atoms with Crippen LogP contribution >= 0.6 is 0 Å². The molecule has 2 N–H and O–H groups in total. The van der Waals surface area contributed by atoms with Crippen LogP contribution in [0.25, 0.3) is 0 Å². The molecule has 1 aromatic carbocycles. The molecule has 1 aliphatic heterocycles. The van der Waals surface area contributed by atoms with Crippen LogP contribution in [-0.4, -0.2) is 37.6 Å². The Labute approximate surface area is 120 Å². The smallest absolute Gasteiger partial charge is 0.158 e. The predicted molar refractivity (Wildman–Crippen MR) is 81.0 cm³/mol. The number of nitrogens with zero attached hydrogens (tertiary/aromatic N) is 1. The van der Waals surface area contributed by atoms with E-state index in [0.29, 0.717) is 6.61 Å². The summed E-state index contributed by atoms with van der Waals surface area (Å²) < 4.78 is 5.87. The van der Waals surface area contributed by atoms with E-state index in [4.69, 9.17) is 4.74 Å². The fraction of sp³-hybridized carbons (Fsp3) is 0.500. The van der Waals surface area contributed by atoms with Gasteiger partial charge in [0.2, 0.25) is 0 Å². The summed E-state index contributed by atoms with van der Waals surface area (Å²) in [5.41, 5.74) is 0.880. The van der Waals surface area contributed by atoms with E-state index in [1.54, 1.807) is 13.8 Å². The summed E-state index contributed by atoms with van der Waals surface area (Å²) in [6.45, 7) is 5.77. The highest BCUT2D eigenvalue weighted by Crippen LogP contribution is 2.33. The molecule has 1 heterocycles. The molecule has 4 heteroatoms. The van der Waals surface area contributed by atoms with Gasteiger partial charge in [-0.3, -0.25) is 0 Å². The minimum absolute atomic E-state index is 0.689. The zero-order valence-electron chi connectivity index (χ0n) is 12.4. The second kappa shape index (κ2) is 6.17. The van der Waals surface area contributed by atoms with Gasteiger partial charge in [-0.2, -0.15) is 0 Å². The summed E-state index contributed by atoms with van der Waals surface area (Å²) in [5, 5.41) is 12.9. The molecular weight excluding hydrogens is 252 g/mol. The molecule has 0 amide bonds.